The standard InChI is InChI=1S/C19H24N2O5S/c1-21-16(22)13-14(17(21)23)19(9-10-27-4,18(24)26-3)20-15(13)11-5-7-12(25-2)8-6-11/h5-8,13-15,20H,9-10H2,1-4H3/t13-,14-,15+,19+/m0/s1. The Morgan fingerprint density at radius 3 is 2.44 bits per heavy atom. The zero-order chi connectivity index (χ0) is 19.8. The van der Waals surface area contributed by atoms with Gasteiger partial charge in [-0.3, -0.25) is 24.6 Å². The molecule has 0 saturated carbocycles. The second kappa shape index (κ2) is 7.52. The summed E-state index contributed by atoms with van der Waals surface area (Å²) in [5.74, 6) is -1.17. The van der Waals surface area contributed by atoms with E-state index in [2.05, 4.69) is 5.32 Å². The number of nitrogens with zero attached hydrogens (tertiary/aromatic N) is 1. The average Bonchev–Trinajstić information content (AvgIpc) is 3.16. The number of hydrogen-bond acceptors (Lipinski definition) is 7. The molecule has 2 aliphatic rings. The van der Waals surface area contributed by atoms with Crippen LogP contribution in [0.2, 0.25) is 0 Å². The number of hydrogen-bond donors (Lipinski definition) is 1. The number of carbonyl (C=O) groups excluding carboxylic acids is 3. The number of rotatable bonds is 6. The lowest BCUT2D eigenvalue weighted by Gasteiger charge is -2.32. The van der Waals surface area contributed by atoms with Gasteiger partial charge in [-0.15, -0.1) is 0 Å². The number of esters is 1. The molecule has 0 aromatic heterocycles. The van der Waals surface area contributed by atoms with Crippen LogP contribution in [0, 0.1) is 11.8 Å². The highest BCUT2D eigenvalue weighted by Crippen LogP contribution is 2.50. The minimum atomic E-state index is -1.22. The average molecular weight is 392 g/mol. The van der Waals surface area contributed by atoms with E-state index >= 15 is 0 Å². The molecule has 2 aliphatic heterocycles. The first-order chi connectivity index (χ1) is 12.9. The molecule has 7 nitrogen and oxygen atoms in total. The smallest absolute Gasteiger partial charge is 0.326 e. The van der Waals surface area contributed by atoms with Gasteiger partial charge in [0.15, 0.2) is 0 Å². The van der Waals surface area contributed by atoms with Crippen LogP contribution < -0.4 is 10.1 Å². The molecule has 2 heterocycles. The third-order valence-electron chi connectivity index (χ3n) is 5.60. The van der Waals surface area contributed by atoms with Crippen molar-refractivity contribution in [1.82, 2.24) is 10.2 Å². The Morgan fingerprint density at radius 2 is 1.89 bits per heavy atom. The maximum atomic E-state index is 12.9. The maximum absolute atomic E-state index is 12.9. The normalized spacial score (nSPS) is 29.8. The molecule has 1 aromatic carbocycles. The number of amides is 2. The molecule has 0 aliphatic carbocycles. The molecular formula is C19H24N2O5S. The Hall–Kier alpha value is -2.06. The van der Waals surface area contributed by atoms with Crippen LogP contribution >= 0.6 is 11.8 Å². The molecule has 2 saturated heterocycles. The van der Waals surface area contributed by atoms with Crippen LogP contribution in [0.4, 0.5) is 0 Å². The van der Waals surface area contributed by atoms with Crippen molar-refractivity contribution in [2.24, 2.45) is 11.8 Å². The minimum Gasteiger partial charge on any atom is -0.497 e. The van der Waals surface area contributed by atoms with Gasteiger partial charge in [0.1, 0.15) is 11.3 Å². The van der Waals surface area contributed by atoms with Gasteiger partial charge in [0.2, 0.25) is 11.8 Å². The Bertz CT molecular complexity index is 753. The van der Waals surface area contributed by atoms with Gasteiger partial charge >= 0.3 is 5.97 Å². The van der Waals surface area contributed by atoms with Crippen molar-refractivity contribution >= 4 is 29.5 Å². The second-order valence-corrected chi connectivity index (χ2v) is 7.83. The number of thioether (sulfide) groups is 1. The fourth-order valence-corrected chi connectivity index (χ4v) is 4.74. The largest absolute Gasteiger partial charge is 0.497 e. The van der Waals surface area contributed by atoms with Crippen LogP contribution in [0.1, 0.15) is 18.0 Å². The minimum absolute atomic E-state index is 0.270. The summed E-state index contributed by atoms with van der Waals surface area (Å²) in [6, 6.07) is 6.86. The molecule has 3 rings (SSSR count). The Kier molecular flexibility index (Phi) is 5.48. The summed E-state index contributed by atoms with van der Waals surface area (Å²) in [6.07, 6.45) is 2.34. The molecule has 27 heavy (non-hydrogen) atoms. The van der Waals surface area contributed by atoms with Crippen molar-refractivity contribution in [3.63, 3.8) is 0 Å². The third kappa shape index (κ3) is 3.00. The molecule has 2 amide bonds. The molecule has 2 fully saturated rings. The summed E-state index contributed by atoms with van der Waals surface area (Å²) in [7, 11) is 4.37. The van der Waals surface area contributed by atoms with E-state index in [-0.39, 0.29) is 11.8 Å². The first-order valence-electron chi connectivity index (χ1n) is 8.71. The zero-order valence-corrected chi connectivity index (χ0v) is 16.7. The van der Waals surface area contributed by atoms with E-state index in [1.54, 1.807) is 31.0 Å². The molecule has 0 radical (unpaired) electrons. The van der Waals surface area contributed by atoms with Gasteiger partial charge in [-0.25, -0.2) is 0 Å². The monoisotopic (exact) mass is 392 g/mol. The topological polar surface area (TPSA) is 84.9 Å². The van der Waals surface area contributed by atoms with Crippen molar-refractivity contribution in [2.45, 2.75) is 18.0 Å². The van der Waals surface area contributed by atoms with Crippen LogP contribution in [-0.2, 0) is 19.1 Å². The quantitative estimate of drug-likeness (QED) is 0.576. The lowest BCUT2D eigenvalue weighted by Crippen LogP contribution is -2.56. The Morgan fingerprint density at radius 1 is 1.22 bits per heavy atom. The summed E-state index contributed by atoms with van der Waals surface area (Å²) >= 11 is 1.58. The highest BCUT2D eigenvalue weighted by Gasteiger charge is 2.67. The molecule has 8 heteroatoms. The highest BCUT2D eigenvalue weighted by atomic mass is 32.2. The van der Waals surface area contributed by atoms with Gasteiger partial charge in [0, 0.05) is 13.1 Å². The molecule has 4 atom stereocenters. The lowest BCUT2D eigenvalue weighted by atomic mass is 9.78. The summed E-state index contributed by atoms with van der Waals surface area (Å²) in [5.41, 5.74) is -0.387. The van der Waals surface area contributed by atoms with Gasteiger partial charge < -0.3 is 9.47 Å². The van der Waals surface area contributed by atoms with E-state index in [9.17, 15) is 14.4 Å². The fraction of sp³-hybridized carbons (Fsp3) is 0.526. The lowest BCUT2D eigenvalue weighted by molar-refractivity contribution is -0.154. The van der Waals surface area contributed by atoms with Crippen molar-refractivity contribution in [3.8, 4) is 5.75 Å². The van der Waals surface area contributed by atoms with E-state index in [0.717, 1.165) is 10.5 Å². The number of benzene rings is 1. The number of likely N-dealkylation sites (tertiary alicyclic amines) is 1. The molecule has 1 aromatic rings. The van der Waals surface area contributed by atoms with Gasteiger partial charge in [-0.1, -0.05) is 12.1 Å². The second-order valence-electron chi connectivity index (χ2n) is 6.84. The van der Waals surface area contributed by atoms with E-state index in [1.807, 2.05) is 18.4 Å². The Balaban J connectivity index is 2.09. The number of nitrogens with one attached hydrogen (secondary N) is 1. The third-order valence-corrected chi connectivity index (χ3v) is 6.21. The maximum Gasteiger partial charge on any atom is 0.326 e. The van der Waals surface area contributed by atoms with E-state index in [4.69, 9.17) is 9.47 Å². The molecular weight excluding hydrogens is 368 g/mol. The highest BCUT2D eigenvalue weighted by molar-refractivity contribution is 7.98. The summed E-state index contributed by atoms with van der Waals surface area (Å²) in [5, 5.41) is 3.33. The van der Waals surface area contributed by atoms with Gasteiger partial charge in [-0.2, -0.15) is 11.8 Å². The van der Waals surface area contributed by atoms with Crippen LogP contribution in [-0.4, -0.2) is 61.5 Å². The van der Waals surface area contributed by atoms with Crippen LogP contribution in [0.15, 0.2) is 24.3 Å². The number of ether oxygens (including phenoxy) is 2. The summed E-state index contributed by atoms with van der Waals surface area (Å²) in [4.78, 5) is 39.7. The molecule has 0 bridgehead atoms. The molecule has 0 spiro atoms. The summed E-state index contributed by atoms with van der Waals surface area (Å²) in [6.45, 7) is 0. The van der Waals surface area contributed by atoms with Crippen molar-refractivity contribution in [2.75, 3.05) is 33.3 Å². The predicted molar refractivity (Wildman–Crippen MR) is 101 cm³/mol. The Labute approximate surface area is 162 Å². The number of fused-ring (bicyclic) bond motifs is 1. The first-order valence-corrected chi connectivity index (χ1v) is 10.1. The van der Waals surface area contributed by atoms with Crippen molar-refractivity contribution in [1.29, 1.82) is 0 Å². The number of methoxy groups -OCH3 is 2. The van der Waals surface area contributed by atoms with Gasteiger partial charge in [-0.05, 0) is 36.1 Å². The number of imide groups is 1. The summed E-state index contributed by atoms with van der Waals surface area (Å²) < 4.78 is 10.3. The van der Waals surface area contributed by atoms with Crippen LogP contribution in [0.3, 0.4) is 0 Å². The zero-order valence-electron chi connectivity index (χ0n) is 15.9. The fourth-order valence-electron chi connectivity index (χ4n) is 4.21. The van der Waals surface area contributed by atoms with Crippen molar-refractivity contribution in [3.05, 3.63) is 29.8 Å². The molecule has 146 valence electrons. The van der Waals surface area contributed by atoms with Gasteiger partial charge in [0.05, 0.1) is 26.1 Å². The predicted octanol–water partition coefficient (Wildman–Crippen LogP) is 1.24. The van der Waals surface area contributed by atoms with Crippen LogP contribution in [0.5, 0.6) is 5.75 Å². The van der Waals surface area contributed by atoms with Gasteiger partial charge in [0.25, 0.3) is 0 Å². The van der Waals surface area contributed by atoms with E-state index in [0.29, 0.717) is 17.9 Å². The van der Waals surface area contributed by atoms with E-state index < -0.39 is 29.4 Å². The van der Waals surface area contributed by atoms with Crippen molar-refractivity contribution < 1.29 is 23.9 Å². The van der Waals surface area contributed by atoms with E-state index in [1.165, 1.54) is 14.2 Å². The first kappa shape index (κ1) is 19.7. The molecule has 0 unspecified atom stereocenters. The number of carbonyl (C=O) groups is 3. The SMILES string of the molecule is COC(=O)[C@]1(CCSC)N[C@H](c2ccc(OC)cc2)[C@H]2C(=O)N(C)C(=O)[C@H]21. The molecule has 1 N–H and O–H groups in total. The van der Waals surface area contributed by atoms with Crippen LogP contribution in [0.25, 0.3) is 0 Å².